The first-order valence-corrected chi connectivity index (χ1v) is 11.9. The van der Waals surface area contributed by atoms with Gasteiger partial charge in [-0.2, -0.15) is 0 Å². The van der Waals surface area contributed by atoms with Crippen LogP contribution >= 0.6 is 0 Å². The van der Waals surface area contributed by atoms with Crippen LogP contribution in [0.15, 0.2) is 95.9 Å². The number of aromatic nitrogens is 4. The van der Waals surface area contributed by atoms with Crippen LogP contribution in [0.1, 0.15) is 28.5 Å². The number of carbonyl (C=O) groups is 2. The fourth-order valence-corrected chi connectivity index (χ4v) is 4.17. The van der Waals surface area contributed by atoms with Gasteiger partial charge in [0.25, 0.3) is 0 Å². The molecule has 5 rings (SSSR count). The van der Waals surface area contributed by atoms with Gasteiger partial charge in [-0.25, -0.2) is 4.68 Å². The molecule has 5 aromatic rings. The Morgan fingerprint density at radius 3 is 2.62 bits per heavy atom. The Balaban J connectivity index is 1.50. The number of nitrogens with one attached hydrogen (secondary N) is 1. The van der Waals surface area contributed by atoms with E-state index in [1.54, 1.807) is 46.4 Å². The highest BCUT2D eigenvalue weighted by Gasteiger charge is 2.32. The predicted molar refractivity (Wildman–Crippen MR) is 137 cm³/mol. The third-order valence-electron chi connectivity index (χ3n) is 6.07. The van der Waals surface area contributed by atoms with Crippen molar-refractivity contribution in [2.75, 3.05) is 0 Å². The van der Waals surface area contributed by atoms with Gasteiger partial charge in [0.05, 0.1) is 18.3 Å². The number of carbonyl (C=O) groups excluding carboxylic acids is 2. The van der Waals surface area contributed by atoms with E-state index in [1.165, 1.54) is 0 Å². The molecule has 0 unspecified atom stereocenters. The highest BCUT2D eigenvalue weighted by molar-refractivity contribution is 5.89. The number of aryl methyl sites for hydroxylation is 1. The molecule has 1 atom stereocenters. The summed E-state index contributed by atoms with van der Waals surface area (Å²) >= 11 is 0. The van der Waals surface area contributed by atoms with Crippen LogP contribution in [0.2, 0.25) is 0 Å². The molecule has 0 aliphatic rings. The molecule has 9 heteroatoms. The average Bonchev–Trinajstić information content (AvgIpc) is 3.59. The number of fused-ring (bicyclic) bond motifs is 1. The van der Waals surface area contributed by atoms with Crippen molar-refractivity contribution in [1.82, 2.24) is 30.2 Å². The molecule has 3 heterocycles. The fraction of sp³-hybridized carbons (Fsp3) is 0.179. The van der Waals surface area contributed by atoms with Crippen molar-refractivity contribution in [3.05, 3.63) is 114 Å². The standard InChI is InChI=1S/C28H26N6O3/c1-20-10-12-22(13-11-20)27(28(36)30-17-23-7-5-15-37-23)33(18-21-6-4-14-29-16-21)26(35)19-34-25-9-3-2-8-24(25)31-32-34/h2-16,27H,17-19H2,1H3,(H,30,36)/t27-/m1/s1. The molecule has 0 spiro atoms. The Kier molecular flexibility index (Phi) is 7.02. The Bertz CT molecular complexity index is 1480. The normalized spacial score (nSPS) is 11.8. The van der Waals surface area contributed by atoms with E-state index in [0.717, 1.165) is 16.6 Å². The molecule has 0 bridgehead atoms. The molecule has 0 saturated carbocycles. The van der Waals surface area contributed by atoms with E-state index < -0.39 is 6.04 Å². The molecule has 3 aromatic heterocycles. The first-order valence-electron chi connectivity index (χ1n) is 11.9. The van der Waals surface area contributed by atoms with Crippen molar-refractivity contribution in [2.24, 2.45) is 0 Å². The summed E-state index contributed by atoms with van der Waals surface area (Å²) in [5, 5.41) is 11.3. The van der Waals surface area contributed by atoms with E-state index in [-0.39, 0.29) is 31.4 Å². The lowest BCUT2D eigenvalue weighted by molar-refractivity contribution is -0.142. The number of furan rings is 1. The van der Waals surface area contributed by atoms with Crippen LogP contribution in [0.3, 0.4) is 0 Å². The van der Waals surface area contributed by atoms with Gasteiger partial charge in [0.2, 0.25) is 11.8 Å². The zero-order valence-corrected chi connectivity index (χ0v) is 20.3. The maximum atomic E-state index is 13.9. The predicted octanol–water partition coefficient (Wildman–Crippen LogP) is 3.81. The number of pyridine rings is 1. The van der Waals surface area contributed by atoms with Crippen LogP contribution in [0.4, 0.5) is 0 Å². The maximum absolute atomic E-state index is 13.9. The Labute approximate surface area is 213 Å². The number of benzene rings is 2. The largest absolute Gasteiger partial charge is 0.467 e. The summed E-state index contributed by atoms with van der Waals surface area (Å²) in [4.78, 5) is 33.3. The minimum absolute atomic E-state index is 0.0748. The number of hydrogen-bond acceptors (Lipinski definition) is 6. The van der Waals surface area contributed by atoms with Crippen molar-refractivity contribution in [1.29, 1.82) is 0 Å². The van der Waals surface area contributed by atoms with E-state index >= 15 is 0 Å². The number of amides is 2. The minimum Gasteiger partial charge on any atom is -0.467 e. The van der Waals surface area contributed by atoms with Gasteiger partial charge < -0.3 is 14.6 Å². The summed E-state index contributed by atoms with van der Waals surface area (Å²) in [6.45, 7) is 2.29. The highest BCUT2D eigenvalue weighted by atomic mass is 16.3. The molecule has 9 nitrogen and oxygen atoms in total. The van der Waals surface area contributed by atoms with Gasteiger partial charge in [-0.1, -0.05) is 53.2 Å². The molecular weight excluding hydrogens is 468 g/mol. The van der Waals surface area contributed by atoms with Crippen molar-refractivity contribution >= 4 is 22.8 Å². The monoisotopic (exact) mass is 494 g/mol. The maximum Gasteiger partial charge on any atom is 0.247 e. The van der Waals surface area contributed by atoms with Crippen LogP contribution in [0.5, 0.6) is 0 Å². The lowest BCUT2D eigenvalue weighted by Crippen LogP contribution is -2.44. The van der Waals surface area contributed by atoms with E-state index in [2.05, 4.69) is 20.6 Å². The molecule has 0 fully saturated rings. The second-order valence-electron chi connectivity index (χ2n) is 8.73. The number of rotatable bonds is 9. The molecule has 37 heavy (non-hydrogen) atoms. The van der Waals surface area contributed by atoms with Crippen LogP contribution < -0.4 is 5.32 Å². The van der Waals surface area contributed by atoms with Crippen molar-refractivity contribution < 1.29 is 14.0 Å². The molecule has 1 N–H and O–H groups in total. The Hall–Kier alpha value is -4.79. The second kappa shape index (κ2) is 10.9. The molecule has 186 valence electrons. The van der Waals surface area contributed by atoms with Crippen molar-refractivity contribution in [3.8, 4) is 0 Å². The zero-order valence-electron chi connectivity index (χ0n) is 20.3. The molecule has 0 saturated heterocycles. The lowest BCUT2D eigenvalue weighted by atomic mass is 10.0. The van der Waals surface area contributed by atoms with E-state index in [9.17, 15) is 9.59 Å². The zero-order chi connectivity index (χ0) is 25.6. The Morgan fingerprint density at radius 1 is 1.03 bits per heavy atom. The summed E-state index contributed by atoms with van der Waals surface area (Å²) in [7, 11) is 0. The van der Waals surface area contributed by atoms with Gasteiger partial charge in [0.15, 0.2) is 0 Å². The minimum atomic E-state index is -0.891. The summed E-state index contributed by atoms with van der Waals surface area (Å²) in [6.07, 6.45) is 4.92. The molecule has 2 amide bonds. The summed E-state index contributed by atoms with van der Waals surface area (Å²) in [5.41, 5.74) is 3.99. The van der Waals surface area contributed by atoms with Gasteiger partial charge in [-0.05, 0) is 48.4 Å². The number of para-hydroxylation sites is 1. The number of hydrogen-bond donors (Lipinski definition) is 1. The molecular formula is C28H26N6O3. The van der Waals surface area contributed by atoms with Crippen molar-refractivity contribution in [2.45, 2.75) is 32.6 Å². The number of nitrogens with zero attached hydrogens (tertiary/aromatic N) is 5. The van der Waals surface area contributed by atoms with Crippen LogP contribution in [-0.2, 0) is 29.2 Å². The SMILES string of the molecule is Cc1ccc([C@H](C(=O)NCc2ccco2)N(Cc2cccnc2)C(=O)Cn2nnc3ccccc32)cc1. The second-order valence-corrected chi connectivity index (χ2v) is 8.73. The third kappa shape index (κ3) is 5.56. The van der Waals surface area contributed by atoms with Crippen LogP contribution in [0, 0.1) is 6.92 Å². The first-order chi connectivity index (χ1) is 18.1. The van der Waals surface area contributed by atoms with E-state index in [4.69, 9.17) is 4.42 Å². The summed E-state index contributed by atoms with van der Waals surface area (Å²) < 4.78 is 6.93. The quantitative estimate of drug-likeness (QED) is 0.334. The van der Waals surface area contributed by atoms with Gasteiger partial charge in [0.1, 0.15) is 23.9 Å². The van der Waals surface area contributed by atoms with Gasteiger partial charge in [0, 0.05) is 18.9 Å². The first kappa shape index (κ1) is 23.9. The van der Waals surface area contributed by atoms with Gasteiger partial charge >= 0.3 is 0 Å². The molecule has 2 aromatic carbocycles. The lowest BCUT2D eigenvalue weighted by Gasteiger charge is -2.31. The van der Waals surface area contributed by atoms with Crippen LogP contribution in [-0.4, -0.2) is 36.7 Å². The fourth-order valence-electron chi connectivity index (χ4n) is 4.17. The Morgan fingerprint density at radius 2 is 1.86 bits per heavy atom. The summed E-state index contributed by atoms with van der Waals surface area (Å²) in [6, 6.07) is 21.4. The van der Waals surface area contributed by atoms with Crippen LogP contribution in [0.25, 0.3) is 11.0 Å². The third-order valence-corrected chi connectivity index (χ3v) is 6.07. The average molecular weight is 495 g/mol. The van der Waals surface area contributed by atoms with Gasteiger partial charge in [-0.15, -0.1) is 5.10 Å². The molecule has 0 radical (unpaired) electrons. The van der Waals surface area contributed by atoms with E-state index in [0.29, 0.717) is 16.8 Å². The topological polar surface area (TPSA) is 106 Å². The molecule has 0 aliphatic heterocycles. The molecule has 0 aliphatic carbocycles. The smallest absolute Gasteiger partial charge is 0.247 e. The van der Waals surface area contributed by atoms with Crippen molar-refractivity contribution in [3.63, 3.8) is 0 Å². The van der Waals surface area contributed by atoms with Gasteiger partial charge in [-0.3, -0.25) is 14.6 Å². The highest BCUT2D eigenvalue weighted by Crippen LogP contribution is 2.25. The summed E-state index contributed by atoms with van der Waals surface area (Å²) in [5.74, 6) is 0.0226. The van der Waals surface area contributed by atoms with E-state index in [1.807, 2.05) is 61.5 Å².